The number of anilines is 2. The minimum Gasteiger partial charge on any atom is -0.397 e. The SMILES string of the molecule is C=C/C(=C\C=C/C)CN1CCC(Nc2cnc(Cl)cc2N)CC1. The molecule has 0 amide bonds. The Bertz CT molecular complexity index is 587. The lowest BCUT2D eigenvalue weighted by Gasteiger charge is -2.33. The first-order chi connectivity index (χ1) is 11.1. The van der Waals surface area contributed by atoms with Gasteiger partial charge in [0.2, 0.25) is 0 Å². The normalized spacial score (nSPS) is 17.6. The van der Waals surface area contributed by atoms with Crippen molar-refractivity contribution in [3.05, 3.63) is 53.9 Å². The van der Waals surface area contributed by atoms with Crippen LogP contribution in [0.3, 0.4) is 0 Å². The largest absolute Gasteiger partial charge is 0.397 e. The summed E-state index contributed by atoms with van der Waals surface area (Å²) in [6.07, 6.45) is 12.0. The van der Waals surface area contributed by atoms with Crippen LogP contribution in [0.25, 0.3) is 0 Å². The molecule has 0 unspecified atom stereocenters. The molecule has 2 rings (SSSR count). The van der Waals surface area contributed by atoms with E-state index in [1.807, 2.05) is 19.1 Å². The monoisotopic (exact) mass is 332 g/mol. The van der Waals surface area contributed by atoms with E-state index in [4.69, 9.17) is 17.3 Å². The maximum Gasteiger partial charge on any atom is 0.131 e. The van der Waals surface area contributed by atoms with Gasteiger partial charge in [-0.15, -0.1) is 0 Å². The third kappa shape index (κ3) is 5.41. The Morgan fingerprint density at radius 1 is 1.52 bits per heavy atom. The molecule has 2 heterocycles. The molecule has 1 aromatic heterocycles. The number of nitrogens with zero attached hydrogens (tertiary/aromatic N) is 2. The Labute approximate surface area is 143 Å². The summed E-state index contributed by atoms with van der Waals surface area (Å²) < 4.78 is 0. The highest BCUT2D eigenvalue weighted by Gasteiger charge is 2.19. The average Bonchev–Trinajstić information content (AvgIpc) is 2.55. The molecule has 1 aliphatic heterocycles. The lowest BCUT2D eigenvalue weighted by Crippen LogP contribution is -2.39. The number of aromatic nitrogens is 1. The second-order valence-electron chi connectivity index (χ2n) is 5.76. The number of hydrogen-bond acceptors (Lipinski definition) is 4. The van der Waals surface area contributed by atoms with E-state index in [9.17, 15) is 0 Å². The molecule has 0 aromatic carbocycles. The highest BCUT2D eigenvalue weighted by Crippen LogP contribution is 2.23. The molecule has 23 heavy (non-hydrogen) atoms. The van der Waals surface area contributed by atoms with Crippen LogP contribution in [0, 0.1) is 0 Å². The summed E-state index contributed by atoms with van der Waals surface area (Å²) in [6.45, 7) is 8.97. The molecule has 1 fully saturated rings. The van der Waals surface area contributed by atoms with Gasteiger partial charge < -0.3 is 11.1 Å². The molecule has 0 atom stereocenters. The van der Waals surface area contributed by atoms with Gasteiger partial charge in [-0.1, -0.05) is 42.5 Å². The van der Waals surface area contributed by atoms with E-state index in [0.717, 1.165) is 38.2 Å². The number of allylic oxidation sites excluding steroid dienone is 3. The summed E-state index contributed by atoms with van der Waals surface area (Å²) >= 11 is 5.83. The minimum absolute atomic E-state index is 0.420. The van der Waals surface area contributed by atoms with Crippen molar-refractivity contribution in [1.29, 1.82) is 0 Å². The fourth-order valence-corrected chi connectivity index (χ4v) is 2.85. The van der Waals surface area contributed by atoms with Gasteiger partial charge in [-0.3, -0.25) is 4.90 Å². The number of halogens is 1. The van der Waals surface area contributed by atoms with Gasteiger partial charge >= 0.3 is 0 Å². The second-order valence-corrected chi connectivity index (χ2v) is 6.15. The maximum absolute atomic E-state index is 5.97. The average molecular weight is 333 g/mol. The summed E-state index contributed by atoms with van der Waals surface area (Å²) in [5.74, 6) is 0. The van der Waals surface area contributed by atoms with Crippen molar-refractivity contribution in [2.45, 2.75) is 25.8 Å². The van der Waals surface area contributed by atoms with Gasteiger partial charge in [-0.2, -0.15) is 0 Å². The minimum atomic E-state index is 0.420. The van der Waals surface area contributed by atoms with Crippen LogP contribution in [-0.4, -0.2) is 35.6 Å². The summed E-state index contributed by atoms with van der Waals surface area (Å²) in [7, 11) is 0. The van der Waals surface area contributed by atoms with Gasteiger partial charge in [-0.05, 0) is 25.3 Å². The Morgan fingerprint density at radius 2 is 2.26 bits per heavy atom. The van der Waals surface area contributed by atoms with E-state index in [1.165, 1.54) is 5.57 Å². The predicted octanol–water partition coefficient (Wildman–Crippen LogP) is 3.88. The van der Waals surface area contributed by atoms with Crippen LogP contribution in [0.2, 0.25) is 5.15 Å². The van der Waals surface area contributed by atoms with Gasteiger partial charge in [0.15, 0.2) is 0 Å². The van der Waals surface area contributed by atoms with Crippen molar-refractivity contribution >= 4 is 23.0 Å². The molecular weight excluding hydrogens is 308 g/mol. The predicted molar refractivity (Wildman–Crippen MR) is 99.8 cm³/mol. The molecule has 1 saturated heterocycles. The molecule has 0 radical (unpaired) electrons. The first-order valence-corrected chi connectivity index (χ1v) is 8.34. The highest BCUT2D eigenvalue weighted by molar-refractivity contribution is 6.29. The van der Waals surface area contributed by atoms with Crippen LogP contribution in [0.1, 0.15) is 19.8 Å². The molecular formula is C18H25ClN4. The van der Waals surface area contributed by atoms with Crippen molar-refractivity contribution in [2.75, 3.05) is 30.7 Å². The molecule has 0 bridgehead atoms. The molecule has 124 valence electrons. The third-order valence-corrected chi connectivity index (χ3v) is 4.23. The van der Waals surface area contributed by atoms with E-state index in [2.05, 4.69) is 33.9 Å². The zero-order valence-electron chi connectivity index (χ0n) is 13.6. The Balaban J connectivity index is 1.85. The van der Waals surface area contributed by atoms with E-state index in [1.54, 1.807) is 12.3 Å². The Kier molecular flexibility index (Phi) is 6.68. The Morgan fingerprint density at radius 3 is 2.87 bits per heavy atom. The number of piperidine rings is 1. The maximum atomic E-state index is 5.97. The number of hydrogen-bond donors (Lipinski definition) is 2. The van der Waals surface area contributed by atoms with Crippen molar-refractivity contribution in [1.82, 2.24) is 9.88 Å². The molecule has 0 spiro atoms. The third-order valence-electron chi connectivity index (χ3n) is 4.02. The van der Waals surface area contributed by atoms with Gasteiger partial charge in [0.05, 0.1) is 17.6 Å². The van der Waals surface area contributed by atoms with Crippen LogP contribution in [0.15, 0.2) is 48.7 Å². The second kappa shape index (κ2) is 8.75. The molecule has 1 aromatic rings. The van der Waals surface area contributed by atoms with Gasteiger partial charge in [0.25, 0.3) is 0 Å². The van der Waals surface area contributed by atoms with E-state index < -0.39 is 0 Å². The van der Waals surface area contributed by atoms with Crippen molar-refractivity contribution in [3.63, 3.8) is 0 Å². The lowest BCUT2D eigenvalue weighted by atomic mass is 10.0. The molecule has 0 saturated carbocycles. The van der Waals surface area contributed by atoms with Crippen LogP contribution in [0.5, 0.6) is 0 Å². The molecule has 3 N–H and O–H groups in total. The lowest BCUT2D eigenvalue weighted by molar-refractivity contribution is 0.237. The first kappa shape index (κ1) is 17.6. The smallest absolute Gasteiger partial charge is 0.131 e. The quantitative estimate of drug-likeness (QED) is 0.613. The van der Waals surface area contributed by atoms with E-state index in [-0.39, 0.29) is 0 Å². The van der Waals surface area contributed by atoms with Crippen molar-refractivity contribution in [3.8, 4) is 0 Å². The molecule has 1 aliphatic rings. The fraction of sp³-hybridized carbons (Fsp3) is 0.389. The highest BCUT2D eigenvalue weighted by atomic mass is 35.5. The van der Waals surface area contributed by atoms with Gasteiger partial charge in [-0.25, -0.2) is 4.98 Å². The topological polar surface area (TPSA) is 54.2 Å². The summed E-state index contributed by atoms with van der Waals surface area (Å²) in [6, 6.07) is 2.10. The first-order valence-electron chi connectivity index (χ1n) is 7.96. The number of rotatable bonds is 6. The van der Waals surface area contributed by atoms with E-state index >= 15 is 0 Å². The number of likely N-dealkylation sites (tertiary alicyclic amines) is 1. The Hall–Kier alpha value is -1.78. The van der Waals surface area contributed by atoms with Crippen LogP contribution >= 0.6 is 11.6 Å². The summed E-state index contributed by atoms with van der Waals surface area (Å²) in [5.41, 5.74) is 8.74. The molecule has 5 heteroatoms. The molecule has 4 nitrogen and oxygen atoms in total. The number of nitrogen functional groups attached to an aromatic ring is 1. The van der Waals surface area contributed by atoms with Crippen LogP contribution in [0.4, 0.5) is 11.4 Å². The summed E-state index contributed by atoms with van der Waals surface area (Å²) in [5, 5.41) is 3.90. The zero-order valence-corrected chi connectivity index (χ0v) is 14.4. The van der Waals surface area contributed by atoms with Crippen molar-refractivity contribution in [2.24, 2.45) is 0 Å². The number of nitrogens with two attached hydrogens (primary N) is 1. The number of pyridine rings is 1. The van der Waals surface area contributed by atoms with Gasteiger partial charge in [0.1, 0.15) is 5.15 Å². The van der Waals surface area contributed by atoms with E-state index in [0.29, 0.717) is 16.9 Å². The standard InChI is InChI=1S/C18H25ClN4/c1-3-5-6-14(4-2)13-23-9-7-15(8-10-23)22-17-12-21-18(19)11-16(17)20/h3-6,11-12,15,22H,2,7-10,13H2,1H3,(H2,20,21)/b5-3-,14-6+. The van der Waals surface area contributed by atoms with Crippen molar-refractivity contribution < 1.29 is 0 Å². The van der Waals surface area contributed by atoms with Crippen LogP contribution in [-0.2, 0) is 0 Å². The zero-order chi connectivity index (χ0) is 16.7. The summed E-state index contributed by atoms with van der Waals surface area (Å²) in [4.78, 5) is 6.54. The molecule has 0 aliphatic carbocycles. The van der Waals surface area contributed by atoms with Gasteiger partial charge in [0, 0.05) is 31.7 Å². The number of nitrogens with one attached hydrogen (secondary N) is 1. The fourth-order valence-electron chi connectivity index (χ4n) is 2.68. The van der Waals surface area contributed by atoms with Crippen LogP contribution < -0.4 is 11.1 Å².